The number of rotatable bonds is 5. The molecule has 0 aromatic heterocycles. The molecule has 0 aliphatic heterocycles. The van der Waals surface area contributed by atoms with Gasteiger partial charge >= 0.3 is 5.97 Å². The van der Waals surface area contributed by atoms with Crippen LogP contribution in [0, 0.1) is 17.8 Å². The van der Waals surface area contributed by atoms with Crippen LogP contribution in [0.1, 0.15) is 39.5 Å². The minimum absolute atomic E-state index is 0.281. The third-order valence-corrected chi connectivity index (χ3v) is 4.37. The highest BCUT2D eigenvalue weighted by molar-refractivity contribution is 5.86. The van der Waals surface area contributed by atoms with Gasteiger partial charge in [-0.2, -0.15) is 0 Å². The van der Waals surface area contributed by atoms with Crippen molar-refractivity contribution in [1.82, 2.24) is 0 Å². The summed E-state index contributed by atoms with van der Waals surface area (Å²) >= 11 is 0. The van der Waals surface area contributed by atoms with Crippen molar-refractivity contribution in [2.24, 2.45) is 17.8 Å². The van der Waals surface area contributed by atoms with E-state index in [2.05, 4.69) is 25.7 Å². The van der Waals surface area contributed by atoms with Crippen molar-refractivity contribution >= 4 is 5.97 Å². The summed E-state index contributed by atoms with van der Waals surface area (Å²) < 4.78 is 11.1. The molecule has 0 heterocycles. The van der Waals surface area contributed by atoms with Gasteiger partial charge in [0.2, 0.25) is 0 Å². The average Bonchev–Trinajstić information content (AvgIpc) is 2.42. The molecule has 20 heavy (non-hydrogen) atoms. The Morgan fingerprint density at radius 1 is 1.35 bits per heavy atom. The fourth-order valence-electron chi connectivity index (χ4n) is 3.42. The van der Waals surface area contributed by atoms with E-state index in [1.807, 2.05) is 0 Å². The predicted molar refractivity (Wildman–Crippen MR) is 79.3 cm³/mol. The van der Waals surface area contributed by atoms with Crippen molar-refractivity contribution in [2.75, 3.05) is 13.2 Å². The summed E-state index contributed by atoms with van der Waals surface area (Å²) in [5.74, 6) is 1.72. The minimum Gasteiger partial charge on any atom is -0.460 e. The summed E-state index contributed by atoms with van der Waals surface area (Å²) in [6, 6.07) is 0. The first-order valence-corrected chi connectivity index (χ1v) is 7.69. The van der Waals surface area contributed by atoms with Crippen LogP contribution in [0.25, 0.3) is 0 Å². The number of esters is 1. The standard InChI is InChI=1S/C17H26O3/c1-12(2)17(18)20-9-8-19-16-11-13(3)10-14-6-4-5-7-15(14)16/h5,7,13-16H,1,4,6,8-11H2,2-3H3. The Labute approximate surface area is 122 Å². The lowest BCUT2D eigenvalue weighted by Crippen LogP contribution is -2.38. The molecule has 0 saturated heterocycles. The lowest BCUT2D eigenvalue weighted by atomic mass is 9.69. The SMILES string of the molecule is C=C(C)C(=O)OCCOC1CC(C)CC2CCC=CC21. The van der Waals surface area contributed by atoms with Crippen LogP contribution in [0.15, 0.2) is 24.3 Å². The molecule has 2 rings (SSSR count). The van der Waals surface area contributed by atoms with Crippen LogP contribution in [-0.2, 0) is 14.3 Å². The smallest absolute Gasteiger partial charge is 0.333 e. The van der Waals surface area contributed by atoms with E-state index in [1.165, 1.54) is 19.3 Å². The third-order valence-electron chi connectivity index (χ3n) is 4.37. The monoisotopic (exact) mass is 278 g/mol. The zero-order valence-corrected chi connectivity index (χ0v) is 12.6. The second-order valence-electron chi connectivity index (χ2n) is 6.25. The average molecular weight is 278 g/mol. The Kier molecular flexibility index (Phi) is 5.41. The van der Waals surface area contributed by atoms with Crippen LogP contribution in [0.2, 0.25) is 0 Å². The summed E-state index contributed by atoms with van der Waals surface area (Å²) in [4.78, 5) is 11.3. The van der Waals surface area contributed by atoms with Crippen molar-refractivity contribution < 1.29 is 14.3 Å². The highest BCUT2D eigenvalue weighted by Crippen LogP contribution is 2.41. The number of allylic oxidation sites excluding steroid dienone is 1. The topological polar surface area (TPSA) is 35.5 Å². The van der Waals surface area contributed by atoms with Gasteiger partial charge < -0.3 is 9.47 Å². The minimum atomic E-state index is -0.332. The lowest BCUT2D eigenvalue weighted by Gasteiger charge is -2.41. The van der Waals surface area contributed by atoms with E-state index in [1.54, 1.807) is 6.92 Å². The maximum Gasteiger partial charge on any atom is 0.333 e. The zero-order valence-electron chi connectivity index (χ0n) is 12.6. The van der Waals surface area contributed by atoms with E-state index in [4.69, 9.17) is 9.47 Å². The maximum absolute atomic E-state index is 11.3. The Hall–Kier alpha value is -1.09. The van der Waals surface area contributed by atoms with Crippen molar-refractivity contribution in [2.45, 2.75) is 45.6 Å². The first-order chi connectivity index (χ1) is 9.58. The first-order valence-electron chi connectivity index (χ1n) is 7.69. The third kappa shape index (κ3) is 3.95. The molecule has 3 nitrogen and oxygen atoms in total. The van der Waals surface area contributed by atoms with Crippen LogP contribution >= 0.6 is 0 Å². The molecule has 1 saturated carbocycles. The highest BCUT2D eigenvalue weighted by Gasteiger charge is 2.36. The van der Waals surface area contributed by atoms with E-state index in [0.29, 0.717) is 24.7 Å². The van der Waals surface area contributed by atoms with Gasteiger partial charge in [-0.3, -0.25) is 0 Å². The molecule has 0 aromatic carbocycles. The molecule has 112 valence electrons. The van der Waals surface area contributed by atoms with Gasteiger partial charge in [-0.25, -0.2) is 4.79 Å². The van der Waals surface area contributed by atoms with Crippen LogP contribution in [0.3, 0.4) is 0 Å². The Balaban J connectivity index is 1.78. The molecule has 0 bridgehead atoms. The summed E-state index contributed by atoms with van der Waals surface area (Å²) in [6.07, 6.45) is 9.83. The molecule has 0 aromatic rings. The van der Waals surface area contributed by atoms with Gasteiger partial charge in [-0.15, -0.1) is 0 Å². The Bertz CT molecular complexity index is 386. The molecule has 3 heteroatoms. The normalized spacial score (nSPS) is 32.5. The predicted octanol–water partition coefficient (Wildman–Crippen LogP) is 3.50. The van der Waals surface area contributed by atoms with Gasteiger partial charge in [-0.05, 0) is 44.4 Å². The molecule has 1 fully saturated rings. The summed E-state index contributed by atoms with van der Waals surface area (Å²) in [6.45, 7) is 8.33. The fraction of sp³-hybridized carbons (Fsp3) is 0.706. The summed E-state index contributed by atoms with van der Waals surface area (Å²) in [5.41, 5.74) is 0.437. The molecule has 0 spiro atoms. The molecular formula is C17H26O3. The lowest BCUT2D eigenvalue weighted by molar-refractivity contribution is -0.142. The van der Waals surface area contributed by atoms with Crippen molar-refractivity contribution in [3.63, 3.8) is 0 Å². The van der Waals surface area contributed by atoms with Gasteiger partial charge in [0.1, 0.15) is 6.61 Å². The molecule has 4 unspecified atom stereocenters. The molecule has 0 N–H and O–H groups in total. The van der Waals surface area contributed by atoms with E-state index in [-0.39, 0.29) is 12.1 Å². The zero-order chi connectivity index (χ0) is 14.5. The molecular weight excluding hydrogens is 252 g/mol. The summed E-state index contributed by atoms with van der Waals surface area (Å²) in [5, 5.41) is 0. The van der Waals surface area contributed by atoms with Crippen LogP contribution < -0.4 is 0 Å². The van der Waals surface area contributed by atoms with Gasteiger partial charge in [0.15, 0.2) is 0 Å². The number of carbonyl (C=O) groups is 1. The van der Waals surface area contributed by atoms with Gasteiger partial charge in [0.25, 0.3) is 0 Å². The molecule has 0 radical (unpaired) electrons. The van der Waals surface area contributed by atoms with E-state index >= 15 is 0 Å². The molecule has 2 aliphatic rings. The van der Waals surface area contributed by atoms with Crippen LogP contribution in [0.5, 0.6) is 0 Å². The second kappa shape index (κ2) is 7.07. The van der Waals surface area contributed by atoms with Crippen LogP contribution in [-0.4, -0.2) is 25.3 Å². The van der Waals surface area contributed by atoms with Gasteiger partial charge in [-0.1, -0.05) is 25.7 Å². The molecule has 2 aliphatic carbocycles. The summed E-state index contributed by atoms with van der Waals surface area (Å²) in [7, 11) is 0. The van der Waals surface area contributed by atoms with Gasteiger partial charge in [0, 0.05) is 11.5 Å². The number of hydrogen-bond acceptors (Lipinski definition) is 3. The quantitative estimate of drug-likeness (QED) is 0.334. The van der Waals surface area contributed by atoms with Crippen molar-refractivity contribution in [3.8, 4) is 0 Å². The van der Waals surface area contributed by atoms with E-state index in [9.17, 15) is 4.79 Å². The van der Waals surface area contributed by atoms with E-state index < -0.39 is 0 Å². The highest BCUT2D eigenvalue weighted by atomic mass is 16.6. The maximum atomic E-state index is 11.3. The number of ether oxygens (including phenoxy) is 2. The second-order valence-corrected chi connectivity index (χ2v) is 6.25. The largest absolute Gasteiger partial charge is 0.460 e. The van der Waals surface area contributed by atoms with Crippen LogP contribution in [0.4, 0.5) is 0 Å². The van der Waals surface area contributed by atoms with Crippen molar-refractivity contribution in [3.05, 3.63) is 24.3 Å². The number of fused-ring (bicyclic) bond motifs is 1. The van der Waals surface area contributed by atoms with Crippen molar-refractivity contribution in [1.29, 1.82) is 0 Å². The Morgan fingerprint density at radius 2 is 2.15 bits per heavy atom. The fourth-order valence-corrected chi connectivity index (χ4v) is 3.42. The van der Waals surface area contributed by atoms with Gasteiger partial charge in [0.05, 0.1) is 12.7 Å². The number of hydrogen-bond donors (Lipinski definition) is 0. The molecule has 0 amide bonds. The number of carbonyl (C=O) groups excluding carboxylic acids is 1. The van der Waals surface area contributed by atoms with E-state index in [0.717, 1.165) is 18.3 Å². The first kappa shape index (κ1) is 15.3. The molecule has 4 atom stereocenters. The Morgan fingerprint density at radius 3 is 2.90 bits per heavy atom.